The number of carbonyl (C=O) groups excluding carboxylic acids is 2. The van der Waals surface area contributed by atoms with E-state index >= 15 is 0 Å². The van der Waals surface area contributed by atoms with Crippen LogP contribution < -0.4 is 0 Å². The predicted octanol–water partition coefficient (Wildman–Crippen LogP) is 10.4. The molecule has 342 valence electrons. The highest BCUT2D eigenvalue weighted by atomic mass is 16.7. The van der Waals surface area contributed by atoms with Gasteiger partial charge in [-0.3, -0.25) is 9.59 Å². The number of rotatable bonds is 39. The topological polar surface area (TPSA) is 169 Å². The molecular weight excluding hydrogens is 753 g/mol. The molecule has 0 saturated carbocycles. The number of ether oxygens (including phenoxy) is 4. The van der Waals surface area contributed by atoms with Crippen LogP contribution in [0.1, 0.15) is 200 Å². The van der Waals surface area contributed by atoms with Crippen LogP contribution in [0.3, 0.4) is 0 Å². The van der Waals surface area contributed by atoms with E-state index in [1.807, 2.05) is 0 Å². The number of aliphatic hydroxyl groups is 3. The van der Waals surface area contributed by atoms with Gasteiger partial charge in [0.15, 0.2) is 18.5 Å². The molecule has 6 unspecified atom stereocenters. The van der Waals surface area contributed by atoms with Crippen LogP contribution in [-0.4, -0.2) is 88.4 Å². The second-order valence-corrected chi connectivity index (χ2v) is 16.2. The Morgan fingerprint density at radius 3 is 1.51 bits per heavy atom. The van der Waals surface area contributed by atoms with Crippen molar-refractivity contribution in [3.05, 3.63) is 36.5 Å². The number of aliphatic hydroxyl groups excluding tert-OH is 3. The number of hydrogen-bond acceptors (Lipinski definition) is 10. The molecule has 59 heavy (non-hydrogen) atoms. The normalized spacial score (nSPS) is 20.2. The monoisotopic (exact) mass is 837 g/mol. The van der Waals surface area contributed by atoms with E-state index in [1.54, 1.807) is 0 Å². The first kappa shape index (κ1) is 54.4. The van der Waals surface area contributed by atoms with Gasteiger partial charge in [-0.1, -0.05) is 179 Å². The quantitative estimate of drug-likeness (QED) is 0.0264. The summed E-state index contributed by atoms with van der Waals surface area (Å²) in [6.07, 6.45) is 34.8. The van der Waals surface area contributed by atoms with Gasteiger partial charge < -0.3 is 39.4 Å². The zero-order valence-corrected chi connectivity index (χ0v) is 37.0. The molecule has 1 heterocycles. The Hall–Kier alpha value is -2.57. The van der Waals surface area contributed by atoms with Crippen LogP contribution in [0.4, 0.5) is 0 Å². The molecule has 1 rings (SSSR count). The van der Waals surface area contributed by atoms with Crippen molar-refractivity contribution in [1.82, 2.24) is 0 Å². The molecule has 1 saturated heterocycles. The molecule has 0 aliphatic carbocycles. The second kappa shape index (κ2) is 38.4. The highest BCUT2D eigenvalue weighted by Gasteiger charge is 2.47. The smallest absolute Gasteiger partial charge is 0.335 e. The first-order chi connectivity index (χ1) is 28.7. The van der Waals surface area contributed by atoms with Gasteiger partial charge in [-0.05, 0) is 44.9 Å². The number of hydrogen-bond donors (Lipinski definition) is 4. The third kappa shape index (κ3) is 30.2. The number of carboxylic acids is 1. The average molecular weight is 837 g/mol. The molecule has 4 N–H and O–H groups in total. The number of esters is 2. The number of aliphatic carboxylic acids is 1. The lowest BCUT2D eigenvalue weighted by molar-refractivity contribution is -0.298. The molecule has 0 aromatic heterocycles. The SMILES string of the molecule is CC/C=C\C/C=C\C/C=C\CCCCCCCCCC(=O)OCC(COC1OC(C(=O)O)C(O)C(O)C1O)OC(=O)CCCCCCCCCCCCCCCCCC. The zero-order chi connectivity index (χ0) is 43.2. The fraction of sp³-hybridized carbons (Fsp3) is 0.812. The first-order valence-corrected chi connectivity index (χ1v) is 23.5. The lowest BCUT2D eigenvalue weighted by Crippen LogP contribution is -2.60. The van der Waals surface area contributed by atoms with Gasteiger partial charge in [0.25, 0.3) is 0 Å². The minimum atomic E-state index is -1.86. The standard InChI is InChI=1S/C48H84O11/c1-3-5-7-9-11-13-15-17-19-21-23-24-26-28-30-32-34-36-41(49)56-38-40(39-57-48-45(53)43(51)44(52)46(59-48)47(54)55)58-42(50)37-35-33-31-29-27-25-22-20-18-16-14-12-10-8-6-4-2/h5,7,11,13,17,19,40,43-46,48,51-53H,3-4,6,8-10,12,14-16,18,20-39H2,1-2H3,(H,54,55)/b7-5-,13-11-,19-17-. The Kier molecular flexibility index (Phi) is 35.4. The van der Waals surface area contributed by atoms with Crippen LogP contribution in [0.2, 0.25) is 0 Å². The van der Waals surface area contributed by atoms with E-state index in [9.17, 15) is 34.8 Å². The summed E-state index contributed by atoms with van der Waals surface area (Å²) in [6, 6.07) is 0. The van der Waals surface area contributed by atoms with Gasteiger partial charge in [0.05, 0.1) is 6.61 Å². The highest BCUT2D eigenvalue weighted by Crippen LogP contribution is 2.23. The maximum absolute atomic E-state index is 12.8. The van der Waals surface area contributed by atoms with Crippen molar-refractivity contribution >= 4 is 17.9 Å². The molecule has 11 nitrogen and oxygen atoms in total. The third-order valence-electron chi connectivity index (χ3n) is 10.8. The molecule has 6 atom stereocenters. The summed E-state index contributed by atoms with van der Waals surface area (Å²) in [5.41, 5.74) is 0. The van der Waals surface area contributed by atoms with Crippen molar-refractivity contribution in [3.63, 3.8) is 0 Å². The molecule has 1 aliphatic rings. The lowest BCUT2D eigenvalue weighted by atomic mass is 9.99. The van der Waals surface area contributed by atoms with Crippen LogP contribution in [-0.2, 0) is 33.3 Å². The van der Waals surface area contributed by atoms with Crippen molar-refractivity contribution in [2.24, 2.45) is 0 Å². The summed E-state index contributed by atoms with van der Waals surface area (Å²) in [5.74, 6) is -2.45. The molecule has 0 spiro atoms. The highest BCUT2D eigenvalue weighted by molar-refractivity contribution is 5.73. The Labute approximate surface area is 357 Å². The number of unbranched alkanes of at least 4 members (excludes halogenated alkanes) is 22. The maximum atomic E-state index is 12.8. The van der Waals surface area contributed by atoms with E-state index in [1.165, 1.54) is 89.9 Å². The molecule has 0 aromatic rings. The van der Waals surface area contributed by atoms with Crippen LogP contribution in [0, 0.1) is 0 Å². The summed E-state index contributed by atoms with van der Waals surface area (Å²) in [5, 5.41) is 39.8. The molecule has 0 aromatic carbocycles. The van der Waals surface area contributed by atoms with Crippen LogP contribution in [0.25, 0.3) is 0 Å². The van der Waals surface area contributed by atoms with Crippen molar-refractivity contribution < 1.29 is 53.8 Å². The van der Waals surface area contributed by atoms with E-state index in [2.05, 4.69) is 50.3 Å². The Balaban J connectivity index is 2.34. The zero-order valence-electron chi connectivity index (χ0n) is 37.0. The van der Waals surface area contributed by atoms with Gasteiger partial charge in [0.1, 0.15) is 24.9 Å². The fourth-order valence-electron chi connectivity index (χ4n) is 7.07. The molecule has 0 amide bonds. The van der Waals surface area contributed by atoms with Gasteiger partial charge in [0.2, 0.25) is 0 Å². The maximum Gasteiger partial charge on any atom is 0.335 e. The fourth-order valence-corrected chi connectivity index (χ4v) is 7.07. The second-order valence-electron chi connectivity index (χ2n) is 16.2. The van der Waals surface area contributed by atoms with E-state index in [0.29, 0.717) is 12.8 Å². The van der Waals surface area contributed by atoms with Gasteiger partial charge >= 0.3 is 17.9 Å². The largest absolute Gasteiger partial charge is 0.479 e. The van der Waals surface area contributed by atoms with E-state index in [-0.39, 0.29) is 19.4 Å². The third-order valence-corrected chi connectivity index (χ3v) is 10.8. The van der Waals surface area contributed by atoms with E-state index < -0.39 is 61.3 Å². The Morgan fingerprint density at radius 2 is 1.00 bits per heavy atom. The number of carboxylic acid groups (broad SMARTS) is 1. The number of allylic oxidation sites excluding steroid dienone is 6. The summed E-state index contributed by atoms with van der Waals surface area (Å²) >= 11 is 0. The van der Waals surface area contributed by atoms with Crippen LogP contribution >= 0.6 is 0 Å². The first-order valence-electron chi connectivity index (χ1n) is 23.5. The van der Waals surface area contributed by atoms with Crippen molar-refractivity contribution in [2.75, 3.05) is 13.2 Å². The molecule has 1 fully saturated rings. The van der Waals surface area contributed by atoms with Gasteiger partial charge in [0, 0.05) is 12.8 Å². The Bertz CT molecular complexity index is 1120. The minimum Gasteiger partial charge on any atom is -0.479 e. The molecule has 0 radical (unpaired) electrons. The predicted molar refractivity (Wildman–Crippen MR) is 234 cm³/mol. The minimum absolute atomic E-state index is 0.184. The van der Waals surface area contributed by atoms with Gasteiger partial charge in [-0.25, -0.2) is 4.79 Å². The van der Waals surface area contributed by atoms with Gasteiger partial charge in [-0.2, -0.15) is 0 Å². The van der Waals surface area contributed by atoms with Crippen molar-refractivity contribution in [2.45, 2.75) is 237 Å². The summed E-state index contributed by atoms with van der Waals surface area (Å²) in [6.45, 7) is 3.71. The van der Waals surface area contributed by atoms with E-state index in [4.69, 9.17) is 18.9 Å². The Morgan fingerprint density at radius 1 is 0.542 bits per heavy atom. The van der Waals surface area contributed by atoms with Crippen molar-refractivity contribution in [3.8, 4) is 0 Å². The average Bonchev–Trinajstić information content (AvgIpc) is 3.22. The summed E-state index contributed by atoms with van der Waals surface area (Å²) in [7, 11) is 0. The van der Waals surface area contributed by atoms with Crippen LogP contribution in [0.5, 0.6) is 0 Å². The van der Waals surface area contributed by atoms with Crippen molar-refractivity contribution in [1.29, 1.82) is 0 Å². The number of carbonyl (C=O) groups is 3. The summed E-state index contributed by atoms with van der Waals surface area (Å²) < 4.78 is 21.8. The van der Waals surface area contributed by atoms with Gasteiger partial charge in [-0.15, -0.1) is 0 Å². The molecular formula is C48H84O11. The molecule has 0 bridgehead atoms. The molecule has 1 aliphatic heterocycles. The molecule has 11 heteroatoms. The van der Waals surface area contributed by atoms with E-state index in [0.717, 1.165) is 70.6 Å². The van der Waals surface area contributed by atoms with Crippen LogP contribution in [0.15, 0.2) is 36.5 Å². The lowest BCUT2D eigenvalue weighted by Gasteiger charge is -2.38. The summed E-state index contributed by atoms with van der Waals surface area (Å²) in [4.78, 5) is 36.9.